The Morgan fingerprint density at radius 3 is 2.84 bits per heavy atom. The van der Waals surface area contributed by atoms with Crippen molar-refractivity contribution >= 4 is 22.6 Å². The molecule has 0 radical (unpaired) electrons. The molecule has 4 atom stereocenters. The molecule has 2 N–H and O–H groups in total. The third kappa shape index (κ3) is 2.30. The fourth-order valence-corrected chi connectivity index (χ4v) is 3.20. The third-order valence-electron chi connectivity index (χ3n) is 3.52. The van der Waals surface area contributed by atoms with E-state index >= 15 is 0 Å². The summed E-state index contributed by atoms with van der Waals surface area (Å²) in [4.78, 5) is 25.2. The summed E-state index contributed by atoms with van der Waals surface area (Å²) >= 11 is 2.15. The van der Waals surface area contributed by atoms with Crippen molar-refractivity contribution < 1.29 is 9.84 Å². The minimum Gasteiger partial charge on any atom is -0.390 e. The first kappa shape index (κ1) is 13.1. The molecule has 19 heavy (non-hydrogen) atoms. The highest BCUT2D eigenvalue weighted by Gasteiger charge is 2.47. The van der Waals surface area contributed by atoms with E-state index in [0.29, 0.717) is 4.43 Å². The molecule has 1 aromatic heterocycles. The number of aromatic amines is 1. The number of ether oxygens (including phenoxy) is 1. The van der Waals surface area contributed by atoms with Gasteiger partial charge >= 0.3 is 5.69 Å². The number of H-pyrrole nitrogens is 1. The van der Waals surface area contributed by atoms with Crippen molar-refractivity contribution in [3.8, 4) is 0 Å². The maximum atomic E-state index is 11.8. The van der Waals surface area contributed by atoms with Crippen molar-refractivity contribution in [2.24, 2.45) is 5.92 Å². The highest BCUT2D eigenvalue weighted by molar-refractivity contribution is 14.1. The Kier molecular flexibility index (Phi) is 3.35. The molecule has 3 rings (SSSR count). The second-order valence-corrected chi connectivity index (χ2v) is 5.62. The predicted octanol–water partition coefficient (Wildman–Crippen LogP) is 0.176. The maximum absolute atomic E-state index is 11.8. The number of aliphatic hydroxyl groups excluding tert-OH is 1. The van der Waals surface area contributed by atoms with Crippen LogP contribution in [0.2, 0.25) is 0 Å². The van der Waals surface area contributed by atoms with E-state index in [1.807, 2.05) is 6.08 Å². The SMILES string of the molecule is O=c1ccn([C@@H]2O[C@H](CI)C(O)C2C2=CC2)c(=O)[nH]1. The molecule has 1 aliphatic heterocycles. The summed E-state index contributed by atoms with van der Waals surface area (Å²) in [7, 11) is 0. The van der Waals surface area contributed by atoms with Crippen LogP contribution in [0.3, 0.4) is 0 Å². The number of hydrogen-bond donors (Lipinski definition) is 2. The number of aromatic nitrogens is 2. The highest BCUT2D eigenvalue weighted by atomic mass is 127. The molecule has 1 aliphatic carbocycles. The van der Waals surface area contributed by atoms with E-state index in [2.05, 4.69) is 27.6 Å². The topological polar surface area (TPSA) is 84.3 Å². The van der Waals surface area contributed by atoms with Crippen molar-refractivity contribution in [3.63, 3.8) is 0 Å². The van der Waals surface area contributed by atoms with Crippen LogP contribution in [-0.4, -0.2) is 31.3 Å². The van der Waals surface area contributed by atoms with Crippen molar-refractivity contribution in [1.29, 1.82) is 0 Å². The fraction of sp³-hybridized carbons (Fsp3) is 0.500. The largest absolute Gasteiger partial charge is 0.390 e. The Bertz CT molecular complexity index is 635. The van der Waals surface area contributed by atoms with Crippen LogP contribution in [0.4, 0.5) is 0 Å². The van der Waals surface area contributed by atoms with Gasteiger partial charge in [-0.25, -0.2) is 4.79 Å². The molecule has 0 bridgehead atoms. The summed E-state index contributed by atoms with van der Waals surface area (Å²) in [6, 6.07) is 1.28. The van der Waals surface area contributed by atoms with Gasteiger partial charge in [0.25, 0.3) is 5.56 Å². The Morgan fingerprint density at radius 2 is 2.26 bits per heavy atom. The molecule has 102 valence electrons. The summed E-state index contributed by atoms with van der Waals surface area (Å²) in [6.45, 7) is 0. The molecular weight excluding hydrogens is 363 g/mol. The van der Waals surface area contributed by atoms with Gasteiger partial charge in [0.2, 0.25) is 0 Å². The minimum absolute atomic E-state index is 0.205. The Hall–Kier alpha value is -0.930. The molecule has 1 aromatic rings. The van der Waals surface area contributed by atoms with E-state index in [9.17, 15) is 14.7 Å². The van der Waals surface area contributed by atoms with Crippen LogP contribution in [0.15, 0.2) is 33.5 Å². The van der Waals surface area contributed by atoms with E-state index in [4.69, 9.17) is 4.74 Å². The normalized spacial score (nSPS) is 33.3. The van der Waals surface area contributed by atoms with Crippen LogP contribution in [0.5, 0.6) is 0 Å². The van der Waals surface area contributed by atoms with Crippen LogP contribution >= 0.6 is 22.6 Å². The number of rotatable bonds is 3. The molecule has 0 amide bonds. The average Bonchev–Trinajstić information content (AvgIpc) is 3.14. The number of allylic oxidation sites excluding steroid dienone is 1. The summed E-state index contributed by atoms with van der Waals surface area (Å²) in [5, 5.41) is 10.3. The van der Waals surface area contributed by atoms with Crippen LogP contribution in [0.1, 0.15) is 12.6 Å². The van der Waals surface area contributed by atoms with Gasteiger partial charge in [-0.1, -0.05) is 34.2 Å². The first-order chi connectivity index (χ1) is 9.11. The standard InChI is InChI=1S/C12H13IN2O4/c13-5-7-10(17)9(6-1-2-6)11(19-7)15-4-3-8(16)14-12(15)18/h1,3-4,7,9-11,17H,2,5H2,(H,14,16,18)/t7-,9?,10?,11-/m1/s1. The van der Waals surface area contributed by atoms with Gasteiger partial charge in [-0.05, 0) is 6.42 Å². The summed E-state index contributed by atoms with van der Waals surface area (Å²) in [5.41, 5.74) is 0.167. The smallest absolute Gasteiger partial charge is 0.330 e. The summed E-state index contributed by atoms with van der Waals surface area (Å²) in [6.07, 6.45) is 2.84. The number of aliphatic hydroxyl groups is 1. The van der Waals surface area contributed by atoms with Crippen LogP contribution in [-0.2, 0) is 4.74 Å². The number of alkyl halides is 1. The zero-order chi connectivity index (χ0) is 13.6. The van der Waals surface area contributed by atoms with E-state index in [1.165, 1.54) is 16.8 Å². The second kappa shape index (κ2) is 4.88. The van der Waals surface area contributed by atoms with Crippen molar-refractivity contribution in [1.82, 2.24) is 9.55 Å². The van der Waals surface area contributed by atoms with E-state index < -0.39 is 23.6 Å². The molecule has 7 heteroatoms. The maximum Gasteiger partial charge on any atom is 0.330 e. The molecule has 0 saturated carbocycles. The van der Waals surface area contributed by atoms with E-state index in [1.54, 1.807) is 0 Å². The van der Waals surface area contributed by atoms with Gasteiger partial charge in [-0.15, -0.1) is 0 Å². The lowest BCUT2D eigenvalue weighted by Crippen LogP contribution is -2.34. The Balaban J connectivity index is 2.00. The third-order valence-corrected chi connectivity index (χ3v) is 4.38. The fourth-order valence-electron chi connectivity index (χ4n) is 2.47. The molecular formula is C12H13IN2O4. The van der Waals surface area contributed by atoms with Gasteiger partial charge < -0.3 is 9.84 Å². The zero-order valence-electron chi connectivity index (χ0n) is 9.95. The molecule has 2 aliphatic rings. The summed E-state index contributed by atoms with van der Waals surface area (Å²) in [5.74, 6) is -0.205. The predicted molar refractivity (Wildman–Crippen MR) is 76.3 cm³/mol. The number of nitrogens with zero attached hydrogens (tertiary/aromatic N) is 1. The minimum atomic E-state index is -0.616. The van der Waals surface area contributed by atoms with Crippen LogP contribution < -0.4 is 11.2 Å². The van der Waals surface area contributed by atoms with Crippen LogP contribution in [0, 0.1) is 5.92 Å². The van der Waals surface area contributed by atoms with Gasteiger partial charge in [0.1, 0.15) is 6.23 Å². The van der Waals surface area contributed by atoms with Gasteiger partial charge in [0.15, 0.2) is 0 Å². The quantitative estimate of drug-likeness (QED) is 0.448. The molecule has 2 unspecified atom stereocenters. The van der Waals surface area contributed by atoms with Crippen molar-refractivity contribution in [3.05, 3.63) is 44.8 Å². The Morgan fingerprint density at radius 1 is 1.53 bits per heavy atom. The molecule has 1 fully saturated rings. The van der Waals surface area contributed by atoms with Crippen LogP contribution in [0.25, 0.3) is 0 Å². The first-order valence-electron chi connectivity index (χ1n) is 6.01. The summed E-state index contributed by atoms with van der Waals surface area (Å²) < 4.78 is 7.78. The van der Waals surface area contributed by atoms with Gasteiger partial charge in [-0.2, -0.15) is 0 Å². The van der Waals surface area contributed by atoms with Gasteiger partial charge in [0, 0.05) is 16.7 Å². The molecule has 6 nitrogen and oxygen atoms in total. The molecule has 2 heterocycles. The lowest BCUT2D eigenvalue weighted by atomic mass is 9.97. The van der Waals surface area contributed by atoms with Crippen molar-refractivity contribution in [2.45, 2.75) is 24.9 Å². The van der Waals surface area contributed by atoms with Gasteiger partial charge in [0.05, 0.1) is 18.1 Å². The van der Waals surface area contributed by atoms with E-state index in [-0.39, 0.29) is 12.0 Å². The van der Waals surface area contributed by atoms with Gasteiger partial charge in [-0.3, -0.25) is 14.3 Å². The molecule has 0 aromatic carbocycles. The van der Waals surface area contributed by atoms with Crippen molar-refractivity contribution in [2.75, 3.05) is 4.43 Å². The average molecular weight is 376 g/mol. The number of nitrogens with one attached hydrogen (secondary N) is 1. The second-order valence-electron chi connectivity index (χ2n) is 4.74. The number of halogens is 1. The first-order valence-corrected chi connectivity index (χ1v) is 7.54. The number of hydrogen-bond acceptors (Lipinski definition) is 4. The zero-order valence-corrected chi connectivity index (χ0v) is 12.1. The highest BCUT2D eigenvalue weighted by Crippen LogP contribution is 2.44. The molecule has 1 saturated heterocycles. The molecule has 0 spiro atoms. The lowest BCUT2D eigenvalue weighted by Gasteiger charge is -2.19. The van der Waals surface area contributed by atoms with E-state index in [0.717, 1.165) is 12.0 Å². The Labute approximate surface area is 122 Å². The monoisotopic (exact) mass is 376 g/mol. The lowest BCUT2D eigenvalue weighted by molar-refractivity contribution is -0.00948.